The maximum atomic E-state index is 13.5. The number of carbonyl (C=O) groups is 2. The van der Waals surface area contributed by atoms with Gasteiger partial charge in [-0.2, -0.15) is 0 Å². The molecule has 2 amide bonds. The van der Waals surface area contributed by atoms with E-state index in [-0.39, 0.29) is 12.6 Å². The first-order valence-electron chi connectivity index (χ1n) is 7.01. The zero-order valence-electron chi connectivity index (χ0n) is 13.5. The van der Waals surface area contributed by atoms with Gasteiger partial charge in [0.25, 0.3) is 0 Å². The highest BCUT2D eigenvalue weighted by Crippen LogP contribution is 2.17. The monoisotopic (exact) mass is 363 g/mol. The van der Waals surface area contributed by atoms with Crippen LogP contribution in [-0.2, 0) is 19.6 Å². The Morgan fingerprint density at radius 3 is 2.25 bits per heavy atom. The Labute approximate surface area is 139 Å². The highest BCUT2D eigenvalue weighted by Gasteiger charge is 2.25. The Bertz CT molecular complexity index is 702. The largest absolute Gasteiger partial charge is 0.352 e. The average molecular weight is 363 g/mol. The van der Waals surface area contributed by atoms with Crippen molar-refractivity contribution in [3.8, 4) is 0 Å². The van der Waals surface area contributed by atoms with Crippen LogP contribution >= 0.6 is 0 Å². The van der Waals surface area contributed by atoms with Crippen LogP contribution in [0.3, 0.4) is 0 Å². The molecular formula is C14H19F2N3O4S. The molecule has 10 heteroatoms. The summed E-state index contributed by atoms with van der Waals surface area (Å²) in [6.45, 7) is 2.49. The quantitative estimate of drug-likeness (QED) is 0.725. The Balaban J connectivity index is 2.71. The highest BCUT2D eigenvalue weighted by atomic mass is 32.2. The third kappa shape index (κ3) is 5.53. The third-order valence-electron chi connectivity index (χ3n) is 2.86. The molecule has 134 valence electrons. The van der Waals surface area contributed by atoms with Crippen LogP contribution in [0.1, 0.15) is 13.8 Å². The Morgan fingerprint density at radius 1 is 1.21 bits per heavy atom. The molecule has 0 atom stereocenters. The fourth-order valence-electron chi connectivity index (χ4n) is 1.77. The maximum absolute atomic E-state index is 13.5. The highest BCUT2D eigenvalue weighted by molar-refractivity contribution is 7.89. The van der Waals surface area contributed by atoms with Gasteiger partial charge < -0.3 is 10.2 Å². The van der Waals surface area contributed by atoms with Gasteiger partial charge in [-0.3, -0.25) is 9.59 Å². The van der Waals surface area contributed by atoms with Gasteiger partial charge in [0.1, 0.15) is 11.6 Å². The molecule has 7 nitrogen and oxygen atoms in total. The lowest BCUT2D eigenvalue weighted by molar-refractivity contribution is -0.134. The molecule has 2 N–H and O–H groups in total. The van der Waals surface area contributed by atoms with E-state index in [0.29, 0.717) is 0 Å². The summed E-state index contributed by atoms with van der Waals surface area (Å²) in [7, 11) is -3.24. The summed E-state index contributed by atoms with van der Waals surface area (Å²) in [4.78, 5) is 23.2. The van der Waals surface area contributed by atoms with Gasteiger partial charge in [0.15, 0.2) is 4.90 Å². The zero-order chi connectivity index (χ0) is 18.5. The van der Waals surface area contributed by atoms with Crippen molar-refractivity contribution >= 4 is 21.8 Å². The average Bonchev–Trinajstić information content (AvgIpc) is 2.43. The van der Waals surface area contributed by atoms with Crippen LogP contribution in [0.15, 0.2) is 23.1 Å². The van der Waals surface area contributed by atoms with Gasteiger partial charge in [0.05, 0.1) is 13.1 Å². The van der Waals surface area contributed by atoms with Crippen molar-refractivity contribution in [1.82, 2.24) is 14.9 Å². The van der Waals surface area contributed by atoms with Crippen LogP contribution in [0.5, 0.6) is 0 Å². The molecule has 0 spiro atoms. The Kier molecular flexibility index (Phi) is 6.79. The lowest BCUT2D eigenvalue weighted by Gasteiger charge is -2.18. The fraction of sp³-hybridized carbons (Fsp3) is 0.429. The topological polar surface area (TPSA) is 95.6 Å². The maximum Gasteiger partial charge on any atom is 0.246 e. The van der Waals surface area contributed by atoms with Crippen molar-refractivity contribution in [2.75, 3.05) is 20.1 Å². The van der Waals surface area contributed by atoms with Gasteiger partial charge >= 0.3 is 0 Å². The molecule has 0 aliphatic rings. The van der Waals surface area contributed by atoms with Gasteiger partial charge in [-0.1, -0.05) is 6.07 Å². The summed E-state index contributed by atoms with van der Waals surface area (Å²) in [5.41, 5.74) is 0. The number of likely N-dealkylation sites (N-methyl/N-ethyl adjacent to an activating group) is 1. The molecule has 24 heavy (non-hydrogen) atoms. The van der Waals surface area contributed by atoms with E-state index >= 15 is 0 Å². The number of benzene rings is 1. The van der Waals surface area contributed by atoms with Crippen LogP contribution in [0.2, 0.25) is 0 Å². The molecule has 1 rings (SSSR count). The Morgan fingerprint density at radius 2 is 1.75 bits per heavy atom. The first-order chi connectivity index (χ1) is 11.0. The van der Waals surface area contributed by atoms with E-state index in [0.717, 1.165) is 23.1 Å². The van der Waals surface area contributed by atoms with Crippen LogP contribution in [-0.4, -0.2) is 51.3 Å². The van der Waals surface area contributed by atoms with Crippen LogP contribution in [0.25, 0.3) is 0 Å². The normalized spacial score (nSPS) is 11.4. The number of rotatable bonds is 7. The van der Waals surface area contributed by atoms with Gasteiger partial charge in [-0.25, -0.2) is 21.9 Å². The van der Waals surface area contributed by atoms with E-state index < -0.39 is 44.9 Å². The van der Waals surface area contributed by atoms with Crippen molar-refractivity contribution < 1.29 is 26.8 Å². The van der Waals surface area contributed by atoms with E-state index in [1.807, 2.05) is 4.72 Å². The number of amides is 2. The van der Waals surface area contributed by atoms with Crippen molar-refractivity contribution in [1.29, 1.82) is 0 Å². The van der Waals surface area contributed by atoms with Crippen LogP contribution in [0, 0.1) is 11.6 Å². The minimum Gasteiger partial charge on any atom is -0.352 e. The molecule has 0 aliphatic heterocycles. The minimum atomic E-state index is -4.55. The summed E-state index contributed by atoms with van der Waals surface area (Å²) in [6, 6.07) is 2.50. The lowest BCUT2D eigenvalue weighted by atomic mass is 10.3. The van der Waals surface area contributed by atoms with E-state index in [9.17, 15) is 26.8 Å². The molecule has 0 aliphatic carbocycles. The number of halogens is 2. The molecule has 0 fully saturated rings. The number of carbonyl (C=O) groups excluding carboxylic acids is 2. The summed E-state index contributed by atoms with van der Waals surface area (Å²) >= 11 is 0. The van der Waals surface area contributed by atoms with Gasteiger partial charge in [-0.15, -0.1) is 0 Å². The predicted molar refractivity (Wildman–Crippen MR) is 82.5 cm³/mol. The molecule has 1 aromatic carbocycles. The zero-order valence-corrected chi connectivity index (χ0v) is 14.3. The van der Waals surface area contributed by atoms with E-state index in [4.69, 9.17) is 0 Å². The first-order valence-corrected chi connectivity index (χ1v) is 8.50. The molecule has 0 bridgehead atoms. The Hall–Kier alpha value is -2.07. The van der Waals surface area contributed by atoms with Crippen molar-refractivity contribution in [3.63, 3.8) is 0 Å². The van der Waals surface area contributed by atoms with Crippen molar-refractivity contribution in [2.24, 2.45) is 0 Å². The number of nitrogens with one attached hydrogen (secondary N) is 2. The van der Waals surface area contributed by atoms with Gasteiger partial charge in [0.2, 0.25) is 21.8 Å². The summed E-state index contributed by atoms with van der Waals surface area (Å²) in [5.74, 6) is -3.67. The van der Waals surface area contributed by atoms with Gasteiger partial charge in [0, 0.05) is 13.1 Å². The van der Waals surface area contributed by atoms with Crippen LogP contribution in [0.4, 0.5) is 8.78 Å². The smallest absolute Gasteiger partial charge is 0.246 e. The molecule has 1 aromatic rings. The number of hydrogen-bond donors (Lipinski definition) is 2. The number of nitrogens with zero attached hydrogens (tertiary/aromatic N) is 1. The fourth-order valence-corrected chi connectivity index (χ4v) is 2.88. The predicted octanol–water partition coefficient (Wildman–Crippen LogP) is 0.226. The molecule has 0 unspecified atom stereocenters. The first kappa shape index (κ1) is 20.0. The van der Waals surface area contributed by atoms with E-state index in [2.05, 4.69) is 5.32 Å². The molecule has 0 radical (unpaired) electrons. The second kappa shape index (κ2) is 8.15. The molecule has 0 saturated carbocycles. The second-order valence-electron chi connectivity index (χ2n) is 5.35. The van der Waals surface area contributed by atoms with Crippen LogP contribution < -0.4 is 10.0 Å². The van der Waals surface area contributed by atoms with E-state index in [1.165, 1.54) is 7.05 Å². The molecule has 0 aromatic heterocycles. The summed E-state index contributed by atoms with van der Waals surface area (Å²) in [6.07, 6.45) is 0. The van der Waals surface area contributed by atoms with E-state index in [1.54, 1.807) is 13.8 Å². The summed E-state index contributed by atoms with van der Waals surface area (Å²) < 4.78 is 52.7. The lowest BCUT2D eigenvalue weighted by Crippen LogP contribution is -2.44. The number of sulfonamides is 1. The molecule has 0 saturated heterocycles. The third-order valence-corrected chi connectivity index (χ3v) is 4.31. The second-order valence-corrected chi connectivity index (χ2v) is 7.05. The van der Waals surface area contributed by atoms with Gasteiger partial charge in [-0.05, 0) is 26.0 Å². The standard InChI is InChI=1S/C14H19F2N3O4S/c1-9(2)18-12(20)8-19(3)13(21)7-17-24(22,23)14-10(15)5-4-6-11(14)16/h4-6,9,17H,7-8H2,1-3H3,(H,18,20). The molecular weight excluding hydrogens is 344 g/mol. The SMILES string of the molecule is CC(C)NC(=O)CN(C)C(=O)CNS(=O)(=O)c1c(F)cccc1F. The minimum absolute atomic E-state index is 0.108. The molecule has 0 heterocycles. The van der Waals surface area contributed by atoms with Crippen molar-refractivity contribution in [2.45, 2.75) is 24.8 Å². The van der Waals surface area contributed by atoms with Crippen molar-refractivity contribution in [3.05, 3.63) is 29.8 Å². The summed E-state index contributed by atoms with van der Waals surface area (Å²) in [5, 5.41) is 2.57. The number of hydrogen-bond acceptors (Lipinski definition) is 4.